The van der Waals surface area contributed by atoms with Crippen LogP contribution in [0.3, 0.4) is 0 Å². The van der Waals surface area contributed by atoms with Crippen molar-refractivity contribution in [1.29, 1.82) is 0 Å². The van der Waals surface area contributed by atoms with Gasteiger partial charge in [0.1, 0.15) is 5.69 Å². The number of benzene rings is 9. The Bertz CT molecular complexity index is 3640. The van der Waals surface area contributed by atoms with Gasteiger partial charge in [0.05, 0.1) is 22.6 Å². The zero-order valence-electron chi connectivity index (χ0n) is 36.5. The third kappa shape index (κ3) is 7.57. The largest absolute Gasteiger partial charge is 0.231 e. The normalized spacial score (nSPS) is 11.3. The van der Waals surface area contributed by atoms with E-state index in [1.54, 1.807) is 0 Å². The fraction of sp³-hybridized carbons (Fsp3) is 0. The Morgan fingerprint density at radius 2 is 0.731 bits per heavy atom. The Morgan fingerprint density at radius 3 is 1.33 bits per heavy atom. The Hall–Kier alpha value is -8.99. The molecular weight excluding hydrogens is 813 g/mol. The summed E-state index contributed by atoms with van der Waals surface area (Å²) < 4.78 is 2.16. The van der Waals surface area contributed by atoms with E-state index in [1.165, 1.54) is 0 Å². The maximum absolute atomic E-state index is 5.46. The van der Waals surface area contributed by atoms with E-state index in [1.807, 2.05) is 18.2 Å². The number of rotatable bonds is 9. The van der Waals surface area contributed by atoms with Crippen LogP contribution in [0, 0.1) is 0 Å². The van der Waals surface area contributed by atoms with Crippen LogP contribution in [0.5, 0.6) is 0 Å². The van der Waals surface area contributed by atoms with Crippen LogP contribution < -0.4 is 0 Å². The summed E-state index contributed by atoms with van der Waals surface area (Å²) in [7, 11) is 0. The van der Waals surface area contributed by atoms with Gasteiger partial charge < -0.3 is 0 Å². The fourth-order valence-corrected chi connectivity index (χ4v) is 9.38. The Morgan fingerprint density at radius 1 is 0.284 bits per heavy atom. The van der Waals surface area contributed by atoms with Crippen molar-refractivity contribution >= 4 is 16.3 Å². The molecule has 0 atom stereocenters. The third-order valence-electron chi connectivity index (χ3n) is 12.6. The van der Waals surface area contributed by atoms with Crippen molar-refractivity contribution in [1.82, 2.24) is 19.6 Å². The van der Waals surface area contributed by atoms with E-state index in [4.69, 9.17) is 15.1 Å². The molecule has 0 amide bonds. The molecule has 3 aromatic heterocycles. The van der Waals surface area contributed by atoms with Crippen molar-refractivity contribution in [2.24, 2.45) is 0 Å². The van der Waals surface area contributed by atoms with Crippen molar-refractivity contribution in [3.63, 3.8) is 0 Å². The minimum Gasteiger partial charge on any atom is -0.231 e. The summed E-state index contributed by atoms with van der Waals surface area (Å²) in [6.45, 7) is 0. The Balaban J connectivity index is 1.07. The fourth-order valence-electron chi connectivity index (χ4n) is 9.38. The van der Waals surface area contributed by atoms with Gasteiger partial charge in [-0.25, -0.2) is 14.5 Å². The van der Waals surface area contributed by atoms with Gasteiger partial charge in [0.15, 0.2) is 5.82 Å². The molecule has 4 nitrogen and oxygen atoms in total. The lowest BCUT2D eigenvalue weighted by atomic mass is 9.92. The molecule has 9 aromatic carbocycles. The molecule has 4 heteroatoms. The van der Waals surface area contributed by atoms with Crippen LogP contribution in [0.1, 0.15) is 0 Å². The molecule has 314 valence electrons. The lowest BCUT2D eigenvalue weighted by molar-refractivity contribution is 0.979. The number of hydrogen-bond donors (Lipinski definition) is 0. The predicted octanol–water partition coefficient (Wildman–Crippen LogP) is 16.3. The molecule has 0 bridgehead atoms. The molecule has 0 aliphatic carbocycles. The first-order chi connectivity index (χ1) is 33.2. The number of nitrogens with zero attached hydrogens (tertiary/aromatic N) is 4. The highest BCUT2D eigenvalue weighted by molar-refractivity contribution is 6.12. The Kier molecular flexibility index (Phi) is 10.2. The van der Waals surface area contributed by atoms with Crippen molar-refractivity contribution in [3.05, 3.63) is 255 Å². The van der Waals surface area contributed by atoms with E-state index in [2.05, 4.69) is 241 Å². The predicted molar refractivity (Wildman–Crippen MR) is 277 cm³/mol. The summed E-state index contributed by atoms with van der Waals surface area (Å²) in [5.41, 5.74) is 18.9. The lowest BCUT2D eigenvalue weighted by Crippen LogP contribution is -1.97. The first kappa shape index (κ1) is 39.6. The summed E-state index contributed by atoms with van der Waals surface area (Å²) in [6.07, 6.45) is 0. The minimum atomic E-state index is 0.674. The van der Waals surface area contributed by atoms with Gasteiger partial charge in [-0.2, -0.15) is 5.10 Å². The SMILES string of the molecule is c1ccc(-c2cc(-c3ccccc3)cc(-c3cc(-c4cccc(-c5cccc6c5cc(-c5ccccc5)n5nc(-c7ccccc7)c(-c7ccccc7)c65)c4)nc(-c4ccccc4)n3)c2)cc1. The van der Waals surface area contributed by atoms with E-state index in [0.717, 1.165) is 111 Å². The first-order valence-corrected chi connectivity index (χ1v) is 22.7. The second-order valence-electron chi connectivity index (χ2n) is 16.8. The molecule has 3 heterocycles. The summed E-state index contributed by atoms with van der Waals surface area (Å²) in [6, 6.07) is 90.0. The molecule has 12 rings (SSSR count). The van der Waals surface area contributed by atoms with Gasteiger partial charge in [-0.1, -0.05) is 218 Å². The van der Waals surface area contributed by atoms with Crippen LogP contribution in [-0.4, -0.2) is 19.6 Å². The molecule has 67 heavy (non-hydrogen) atoms. The molecule has 0 aliphatic heterocycles. The number of fused-ring (bicyclic) bond motifs is 3. The van der Waals surface area contributed by atoms with Crippen molar-refractivity contribution in [2.45, 2.75) is 0 Å². The molecule has 0 fully saturated rings. The molecule has 12 aromatic rings. The molecule has 0 saturated heterocycles. The van der Waals surface area contributed by atoms with E-state index >= 15 is 0 Å². The number of hydrogen-bond acceptors (Lipinski definition) is 3. The smallest absolute Gasteiger partial charge is 0.160 e. The monoisotopic (exact) mass is 854 g/mol. The van der Waals surface area contributed by atoms with E-state index in [-0.39, 0.29) is 0 Å². The average molecular weight is 855 g/mol. The molecule has 0 spiro atoms. The molecule has 0 aliphatic rings. The summed E-state index contributed by atoms with van der Waals surface area (Å²) >= 11 is 0. The molecule has 0 radical (unpaired) electrons. The quantitative estimate of drug-likeness (QED) is 0.145. The maximum Gasteiger partial charge on any atom is 0.160 e. The standard InChI is InChI=1S/C63H42N4/c1-7-21-43(22-8-1)51-38-52(44-23-9-2-10-24-44)40-53(39-51)58-42-57(64-63(65-58)48-31-17-6-18-32-48)50-34-19-33-49(37-50)54-35-20-36-55-56(54)41-59(45-25-11-3-12-26-45)67-62(55)60(46-27-13-4-14-28-46)61(66-67)47-29-15-5-16-30-47/h1-42H. The van der Waals surface area contributed by atoms with Gasteiger partial charge in [0, 0.05) is 38.8 Å². The van der Waals surface area contributed by atoms with Crippen LogP contribution >= 0.6 is 0 Å². The van der Waals surface area contributed by atoms with Crippen LogP contribution in [0.25, 0.3) is 117 Å². The van der Waals surface area contributed by atoms with E-state index < -0.39 is 0 Å². The van der Waals surface area contributed by atoms with Gasteiger partial charge in [-0.3, -0.25) is 0 Å². The van der Waals surface area contributed by atoms with E-state index in [9.17, 15) is 0 Å². The average Bonchev–Trinajstić information content (AvgIpc) is 3.83. The van der Waals surface area contributed by atoms with Crippen molar-refractivity contribution in [2.75, 3.05) is 0 Å². The molecule has 0 saturated carbocycles. The van der Waals surface area contributed by atoms with Gasteiger partial charge in [-0.15, -0.1) is 0 Å². The molecule has 0 N–H and O–H groups in total. The Labute approximate surface area is 389 Å². The van der Waals surface area contributed by atoms with Crippen molar-refractivity contribution < 1.29 is 0 Å². The summed E-state index contributed by atoms with van der Waals surface area (Å²) in [5, 5.41) is 7.72. The second-order valence-corrected chi connectivity index (χ2v) is 16.8. The van der Waals surface area contributed by atoms with Crippen LogP contribution in [-0.2, 0) is 0 Å². The number of aromatic nitrogens is 4. The second kappa shape index (κ2) is 17.2. The lowest BCUT2D eigenvalue weighted by Gasteiger charge is -2.15. The maximum atomic E-state index is 5.46. The van der Waals surface area contributed by atoms with Gasteiger partial charge in [0.25, 0.3) is 0 Å². The van der Waals surface area contributed by atoms with Crippen LogP contribution in [0.4, 0.5) is 0 Å². The summed E-state index contributed by atoms with van der Waals surface area (Å²) in [4.78, 5) is 10.6. The first-order valence-electron chi connectivity index (χ1n) is 22.7. The highest BCUT2D eigenvalue weighted by Gasteiger charge is 2.23. The molecular formula is C63H42N4. The van der Waals surface area contributed by atoms with Gasteiger partial charge in [-0.05, 0) is 80.7 Å². The topological polar surface area (TPSA) is 43.1 Å². The number of pyridine rings is 1. The minimum absolute atomic E-state index is 0.674. The van der Waals surface area contributed by atoms with Crippen LogP contribution in [0.2, 0.25) is 0 Å². The highest BCUT2D eigenvalue weighted by atomic mass is 15.2. The zero-order chi connectivity index (χ0) is 44.5. The third-order valence-corrected chi connectivity index (χ3v) is 12.6. The van der Waals surface area contributed by atoms with Gasteiger partial charge in [0.2, 0.25) is 0 Å². The zero-order valence-corrected chi connectivity index (χ0v) is 36.5. The molecule has 0 unspecified atom stereocenters. The highest BCUT2D eigenvalue weighted by Crippen LogP contribution is 2.44. The van der Waals surface area contributed by atoms with E-state index in [0.29, 0.717) is 5.82 Å². The summed E-state index contributed by atoms with van der Waals surface area (Å²) in [5.74, 6) is 0.674. The van der Waals surface area contributed by atoms with Crippen LogP contribution in [0.15, 0.2) is 255 Å². The van der Waals surface area contributed by atoms with Crippen molar-refractivity contribution in [3.8, 4) is 101 Å². The van der Waals surface area contributed by atoms with Gasteiger partial charge >= 0.3 is 0 Å².